The van der Waals surface area contributed by atoms with Crippen molar-refractivity contribution in [3.8, 4) is 5.75 Å². The molecule has 0 saturated heterocycles. The van der Waals surface area contributed by atoms with Gasteiger partial charge in [0.15, 0.2) is 5.82 Å². The Morgan fingerprint density at radius 3 is 2.79 bits per heavy atom. The smallest absolute Gasteiger partial charge is 0.303 e. The molecule has 0 spiro atoms. The zero-order valence-corrected chi connectivity index (χ0v) is 10.3. The number of aliphatic carboxylic acids is 1. The number of carboxylic acid groups (broad SMARTS) is 1. The quantitative estimate of drug-likeness (QED) is 0.817. The van der Waals surface area contributed by atoms with E-state index in [0.717, 1.165) is 5.75 Å². The zero-order chi connectivity index (χ0) is 13.5. The van der Waals surface area contributed by atoms with Gasteiger partial charge in [-0.2, -0.15) is 4.98 Å². The number of carbonyl (C=O) groups is 1. The highest BCUT2D eigenvalue weighted by Gasteiger charge is 2.08. The van der Waals surface area contributed by atoms with Crippen LogP contribution in [0.25, 0.3) is 0 Å². The third-order valence-corrected chi connectivity index (χ3v) is 2.40. The molecule has 2 aromatic rings. The van der Waals surface area contributed by atoms with Crippen LogP contribution in [0.4, 0.5) is 0 Å². The number of ether oxygens (including phenoxy) is 1. The first-order chi connectivity index (χ1) is 9.24. The Kier molecular flexibility index (Phi) is 4.49. The van der Waals surface area contributed by atoms with E-state index in [9.17, 15) is 4.79 Å². The van der Waals surface area contributed by atoms with Crippen molar-refractivity contribution in [3.05, 3.63) is 42.0 Å². The van der Waals surface area contributed by atoms with E-state index in [0.29, 0.717) is 24.7 Å². The van der Waals surface area contributed by atoms with Crippen molar-refractivity contribution < 1.29 is 19.2 Å². The van der Waals surface area contributed by atoms with E-state index in [1.807, 2.05) is 30.3 Å². The fraction of sp³-hybridized carbons (Fsp3) is 0.308. The lowest BCUT2D eigenvalue weighted by molar-refractivity contribution is -0.137. The summed E-state index contributed by atoms with van der Waals surface area (Å²) in [6, 6.07) is 9.45. The molecule has 100 valence electrons. The van der Waals surface area contributed by atoms with Gasteiger partial charge in [0.1, 0.15) is 5.75 Å². The molecule has 1 heterocycles. The molecule has 1 aromatic heterocycles. The maximum atomic E-state index is 10.4. The first kappa shape index (κ1) is 13.1. The predicted octanol–water partition coefficient (Wildman–Crippen LogP) is 1.71. The van der Waals surface area contributed by atoms with Crippen molar-refractivity contribution >= 4 is 5.97 Å². The second-order valence-electron chi connectivity index (χ2n) is 3.91. The van der Waals surface area contributed by atoms with Gasteiger partial charge in [0.05, 0.1) is 13.0 Å². The third-order valence-electron chi connectivity index (χ3n) is 2.40. The van der Waals surface area contributed by atoms with Crippen molar-refractivity contribution in [1.29, 1.82) is 0 Å². The highest BCUT2D eigenvalue weighted by Crippen LogP contribution is 2.09. The Balaban J connectivity index is 1.76. The molecule has 0 unspecified atom stereocenters. The molecule has 19 heavy (non-hydrogen) atoms. The van der Waals surface area contributed by atoms with Crippen LogP contribution in [0.2, 0.25) is 0 Å². The number of benzene rings is 1. The summed E-state index contributed by atoms with van der Waals surface area (Å²) >= 11 is 0. The van der Waals surface area contributed by atoms with Crippen LogP contribution in [0, 0.1) is 0 Å². The number of hydrogen-bond acceptors (Lipinski definition) is 5. The normalized spacial score (nSPS) is 10.3. The van der Waals surface area contributed by atoms with Gasteiger partial charge in [-0.25, -0.2) is 0 Å². The monoisotopic (exact) mass is 262 g/mol. The highest BCUT2D eigenvalue weighted by molar-refractivity contribution is 5.66. The van der Waals surface area contributed by atoms with Crippen LogP contribution in [0.3, 0.4) is 0 Å². The standard InChI is InChI=1S/C13H14N2O4/c16-13(17)7-6-12-14-11(15-19-12)8-9-18-10-4-2-1-3-5-10/h1-5H,6-9H2,(H,16,17). The lowest BCUT2D eigenvalue weighted by Crippen LogP contribution is -2.03. The number of para-hydroxylation sites is 1. The summed E-state index contributed by atoms with van der Waals surface area (Å²) in [7, 11) is 0. The molecular formula is C13H14N2O4. The number of nitrogens with zero attached hydrogens (tertiary/aromatic N) is 2. The number of hydrogen-bond donors (Lipinski definition) is 1. The van der Waals surface area contributed by atoms with Crippen molar-refractivity contribution in [2.24, 2.45) is 0 Å². The molecule has 0 bridgehead atoms. The van der Waals surface area contributed by atoms with Gasteiger partial charge >= 0.3 is 5.97 Å². The average Bonchev–Trinajstić information content (AvgIpc) is 2.86. The number of carboxylic acids is 1. The average molecular weight is 262 g/mol. The second-order valence-corrected chi connectivity index (χ2v) is 3.91. The Hall–Kier alpha value is -2.37. The topological polar surface area (TPSA) is 85.5 Å². The van der Waals surface area contributed by atoms with Crippen LogP contribution in [-0.4, -0.2) is 27.8 Å². The molecule has 0 atom stereocenters. The maximum Gasteiger partial charge on any atom is 0.303 e. The van der Waals surface area contributed by atoms with Crippen LogP contribution in [0.5, 0.6) is 5.75 Å². The maximum absolute atomic E-state index is 10.4. The first-order valence-electron chi connectivity index (χ1n) is 5.95. The van der Waals surface area contributed by atoms with E-state index in [1.165, 1.54) is 0 Å². The molecule has 0 saturated carbocycles. The number of aromatic nitrogens is 2. The largest absolute Gasteiger partial charge is 0.493 e. The molecule has 0 aliphatic carbocycles. The predicted molar refractivity (Wildman–Crippen MR) is 65.9 cm³/mol. The molecule has 0 aliphatic heterocycles. The summed E-state index contributed by atoms with van der Waals surface area (Å²) in [5.41, 5.74) is 0. The van der Waals surface area contributed by atoms with E-state index >= 15 is 0 Å². The van der Waals surface area contributed by atoms with Crippen molar-refractivity contribution in [2.75, 3.05) is 6.61 Å². The van der Waals surface area contributed by atoms with Crippen LogP contribution < -0.4 is 4.74 Å². The molecule has 0 amide bonds. The molecule has 6 nitrogen and oxygen atoms in total. The first-order valence-corrected chi connectivity index (χ1v) is 5.95. The molecular weight excluding hydrogens is 248 g/mol. The molecule has 0 fully saturated rings. The Morgan fingerprint density at radius 2 is 2.05 bits per heavy atom. The van der Waals surface area contributed by atoms with Gasteiger partial charge in [0.25, 0.3) is 0 Å². The third kappa shape index (κ3) is 4.42. The van der Waals surface area contributed by atoms with E-state index in [2.05, 4.69) is 10.1 Å². The van der Waals surface area contributed by atoms with E-state index in [1.54, 1.807) is 0 Å². The minimum absolute atomic E-state index is 0.0118. The van der Waals surface area contributed by atoms with Gasteiger partial charge in [0.2, 0.25) is 5.89 Å². The molecule has 2 rings (SSSR count). The fourth-order valence-corrected chi connectivity index (χ4v) is 1.48. The van der Waals surface area contributed by atoms with E-state index in [-0.39, 0.29) is 12.8 Å². The Labute approximate surface area is 110 Å². The Bertz CT molecular complexity index is 524. The summed E-state index contributed by atoms with van der Waals surface area (Å²) < 4.78 is 10.4. The van der Waals surface area contributed by atoms with Crippen molar-refractivity contribution in [3.63, 3.8) is 0 Å². The zero-order valence-electron chi connectivity index (χ0n) is 10.3. The summed E-state index contributed by atoms with van der Waals surface area (Å²) in [6.45, 7) is 0.446. The molecule has 0 aliphatic rings. The minimum atomic E-state index is -0.882. The van der Waals surface area contributed by atoms with Crippen molar-refractivity contribution in [2.45, 2.75) is 19.3 Å². The lowest BCUT2D eigenvalue weighted by atomic mass is 10.3. The molecule has 1 aromatic carbocycles. The SMILES string of the molecule is O=C(O)CCc1nc(CCOc2ccccc2)no1. The van der Waals surface area contributed by atoms with E-state index in [4.69, 9.17) is 14.4 Å². The minimum Gasteiger partial charge on any atom is -0.493 e. The van der Waals surface area contributed by atoms with Crippen LogP contribution in [0.15, 0.2) is 34.9 Å². The summed E-state index contributed by atoms with van der Waals surface area (Å²) in [5.74, 6) is 0.776. The second kappa shape index (κ2) is 6.53. The van der Waals surface area contributed by atoms with Crippen LogP contribution in [0.1, 0.15) is 18.1 Å². The fourth-order valence-electron chi connectivity index (χ4n) is 1.48. The molecule has 1 N–H and O–H groups in total. The van der Waals surface area contributed by atoms with Crippen LogP contribution in [-0.2, 0) is 17.6 Å². The molecule has 0 radical (unpaired) electrons. The van der Waals surface area contributed by atoms with Crippen molar-refractivity contribution in [1.82, 2.24) is 10.1 Å². The number of rotatable bonds is 7. The summed E-state index contributed by atoms with van der Waals surface area (Å²) in [6.07, 6.45) is 0.759. The van der Waals surface area contributed by atoms with Gasteiger partial charge in [-0.05, 0) is 12.1 Å². The van der Waals surface area contributed by atoms with Crippen LogP contribution >= 0.6 is 0 Å². The summed E-state index contributed by atoms with van der Waals surface area (Å²) in [5, 5.41) is 12.3. The van der Waals surface area contributed by atoms with Gasteiger partial charge < -0.3 is 14.4 Å². The van der Waals surface area contributed by atoms with Gasteiger partial charge in [-0.3, -0.25) is 4.79 Å². The van der Waals surface area contributed by atoms with E-state index < -0.39 is 5.97 Å². The summed E-state index contributed by atoms with van der Waals surface area (Å²) in [4.78, 5) is 14.5. The highest BCUT2D eigenvalue weighted by atomic mass is 16.5. The lowest BCUT2D eigenvalue weighted by Gasteiger charge is -2.02. The molecule has 6 heteroatoms. The Morgan fingerprint density at radius 1 is 1.26 bits per heavy atom. The van der Waals surface area contributed by atoms with Gasteiger partial charge in [-0.15, -0.1) is 0 Å². The van der Waals surface area contributed by atoms with Gasteiger partial charge in [-0.1, -0.05) is 23.4 Å². The van der Waals surface area contributed by atoms with Gasteiger partial charge in [0, 0.05) is 12.8 Å². The number of aryl methyl sites for hydroxylation is 1.